The molecule has 0 spiro atoms. The number of aryl methyl sites for hydroxylation is 1. The lowest BCUT2D eigenvalue weighted by Gasteiger charge is -2.31. The number of anilines is 3. The van der Waals surface area contributed by atoms with Crippen LogP contribution in [0.2, 0.25) is 0 Å². The highest BCUT2D eigenvalue weighted by Crippen LogP contribution is 2.31. The summed E-state index contributed by atoms with van der Waals surface area (Å²) in [4.78, 5) is 15.9. The monoisotopic (exact) mass is 485 g/mol. The van der Waals surface area contributed by atoms with Gasteiger partial charge in [-0.1, -0.05) is 6.92 Å². The number of aromatic nitrogens is 9. The number of nitrogens with zero attached hydrogens (tertiary/aromatic N) is 10. The van der Waals surface area contributed by atoms with Gasteiger partial charge in [0.05, 0.1) is 35.1 Å². The Kier molecular flexibility index (Phi) is 5.68. The van der Waals surface area contributed by atoms with Crippen LogP contribution in [0.3, 0.4) is 0 Å². The van der Waals surface area contributed by atoms with Gasteiger partial charge in [-0.3, -0.25) is 0 Å². The van der Waals surface area contributed by atoms with Gasteiger partial charge in [0.25, 0.3) is 0 Å². The molecule has 0 unspecified atom stereocenters. The number of imidazole rings is 1. The van der Waals surface area contributed by atoms with Crippen molar-refractivity contribution in [2.45, 2.75) is 32.1 Å². The highest BCUT2D eigenvalue weighted by atomic mass is 19.1. The fourth-order valence-electron chi connectivity index (χ4n) is 4.53. The summed E-state index contributed by atoms with van der Waals surface area (Å²) in [6.07, 6.45) is 11.6. The summed E-state index contributed by atoms with van der Waals surface area (Å²) >= 11 is 0. The van der Waals surface area contributed by atoms with E-state index < -0.39 is 5.82 Å². The first kappa shape index (κ1) is 22.0. The van der Waals surface area contributed by atoms with E-state index in [0.717, 1.165) is 49.6 Å². The Morgan fingerprint density at radius 2 is 1.86 bits per heavy atom. The van der Waals surface area contributed by atoms with Crippen molar-refractivity contribution in [3.63, 3.8) is 0 Å². The molecule has 4 aromatic heterocycles. The van der Waals surface area contributed by atoms with Gasteiger partial charge in [-0.2, -0.15) is 5.10 Å². The van der Waals surface area contributed by atoms with Gasteiger partial charge in [0, 0.05) is 37.5 Å². The molecule has 6 rings (SSSR count). The first-order chi connectivity index (χ1) is 17.7. The minimum Gasteiger partial charge on any atom is -0.350 e. The largest absolute Gasteiger partial charge is 0.350 e. The number of rotatable bonds is 6. The third-order valence-corrected chi connectivity index (χ3v) is 6.56. The predicted molar refractivity (Wildman–Crippen MR) is 131 cm³/mol. The van der Waals surface area contributed by atoms with Gasteiger partial charge in [-0.15, -0.1) is 5.10 Å². The summed E-state index contributed by atoms with van der Waals surface area (Å²) in [5.41, 5.74) is 4.36. The first-order valence-electron chi connectivity index (χ1n) is 11.9. The van der Waals surface area contributed by atoms with E-state index in [-0.39, 0.29) is 0 Å². The second-order valence-corrected chi connectivity index (χ2v) is 8.71. The van der Waals surface area contributed by atoms with E-state index in [1.165, 1.54) is 17.1 Å². The molecule has 0 saturated carbocycles. The molecule has 5 aromatic rings. The summed E-state index contributed by atoms with van der Waals surface area (Å²) in [5.74, 6) is 0.661. The molecule has 5 heterocycles. The molecule has 0 atom stereocenters. The maximum absolute atomic E-state index is 14.8. The number of tetrazole rings is 1. The van der Waals surface area contributed by atoms with Crippen LogP contribution in [0.1, 0.15) is 36.9 Å². The summed E-state index contributed by atoms with van der Waals surface area (Å²) in [7, 11) is 0. The summed E-state index contributed by atoms with van der Waals surface area (Å²) in [6, 6.07) is 6.56. The molecule has 1 fully saturated rings. The summed E-state index contributed by atoms with van der Waals surface area (Å²) in [6.45, 7) is 3.82. The van der Waals surface area contributed by atoms with Crippen LogP contribution in [0.5, 0.6) is 0 Å². The zero-order valence-corrected chi connectivity index (χ0v) is 19.7. The van der Waals surface area contributed by atoms with E-state index in [4.69, 9.17) is 0 Å². The van der Waals surface area contributed by atoms with E-state index in [1.807, 2.05) is 23.1 Å². The quantitative estimate of drug-likeness (QED) is 0.387. The third-order valence-electron chi connectivity index (χ3n) is 6.56. The molecular weight excluding hydrogens is 461 g/mol. The molecule has 0 radical (unpaired) electrons. The van der Waals surface area contributed by atoms with Gasteiger partial charge >= 0.3 is 0 Å². The van der Waals surface area contributed by atoms with Gasteiger partial charge in [0.2, 0.25) is 5.95 Å². The standard InChI is InChI=1S/C24H24FN11/c1-2-16-12-27-24(28-13-16)34-9-6-17(7-10-34)22-14-26-23-21(5-8-30-36(22)23)31-20-4-3-18(11-19(20)25)35-15-29-32-33-35/h3-5,8,11-15,17,31H,2,6-7,9-10H2,1H3. The van der Waals surface area contributed by atoms with Crippen molar-refractivity contribution in [2.75, 3.05) is 23.3 Å². The average molecular weight is 486 g/mol. The maximum atomic E-state index is 14.8. The average Bonchev–Trinajstić information content (AvgIpc) is 3.61. The van der Waals surface area contributed by atoms with Crippen LogP contribution < -0.4 is 10.2 Å². The van der Waals surface area contributed by atoms with E-state index in [0.29, 0.717) is 28.6 Å². The van der Waals surface area contributed by atoms with Crippen LogP contribution in [-0.4, -0.2) is 57.9 Å². The lowest BCUT2D eigenvalue weighted by atomic mass is 9.94. The molecular formula is C24H24FN11. The minimum absolute atomic E-state index is 0.307. The van der Waals surface area contributed by atoms with Gasteiger partial charge in [0.15, 0.2) is 5.65 Å². The minimum atomic E-state index is -0.425. The molecule has 0 amide bonds. The lowest BCUT2D eigenvalue weighted by Crippen LogP contribution is -2.34. The zero-order chi connectivity index (χ0) is 24.5. The molecule has 36 heavy (non-hydrogen) atoms. The summed E-state index contributed by atoms with van der Waals surface area (Å²) in [5, 5.41) is 18.7. The van der Waals surface area contributed by atoms with Crippen molar-refractivity contribution in [1.82, 2.24) is 44.8 Å². The van der Waals surface area contributed by atoms with Crippen molar-refractivity contribution in [2.24, 2.45) is 0 Å². The van der Waals surface area contributed by atoms with Crippen molar-refractivity contribution < 1.29 is 4.39 Å². The molecule has 0 aliphatic carbocycles. The normalized spacial score (nSPS) is 14.4. The Morgan fingerprint density at radius 3 is 2.58 bits per heavy atom. The van der Waals surface area contributed by atoms with Gasteiger partial charge in [0.1, 0.15) is 12.1 Å². The van der Waals surface area contributed by atoms with Crippen molar-refractivity contribution in [3.05, 3.63) is 72.5 Å². The molecule has 1 aliphatic heterocycles. The Bertz CT molecular complexity index is 1470. The van der Waals surface area contributed by atoms with Crippen LogP contribution in [0.25, 0.3) is 11.3 Å². The van der Waals surface area contributed by atoms with Crippen LogP contribution in [-0.2, 0) is 6.42 Å². The SMILES string of the molecule is CCc1cnc(N2CCC(c3cnc4c(Nc5ccc(-n6cnnn6)cc5F)ccnn34)CC2)nc1. The number of hydrogen-bond acceptors (Lipinski definition) is 9. The summed E-state index contributed by atoms with van der Waals surface area (Å²) < 4.78 is 18.1. The molecule has 182 valence electrons. The molecule has 0 bridgehead atoms. The van der Waals surface area contributed by atoms with E-state index in [9.17, 15) is 4.39 Å². The molecule has 1 saturated heterocycles. The molecule has 12 heteroatoms. The molecule has 11 nitrogen and oxygen atoms in total. The first-order valence-corrected chi connectivity index (χ1v) is 11.9. The number of halogens is 1. The number of hydrogen-bond donors (Lipinski definition) is 1. The fourth-order valence-corrected chi connectivity index (χ4v) is 4.53. The maximum Gasteiger partial charge on any atom is 0.225 e. The van der Waals surface area contributed by atoms with Crippen molar-refractivity contribution in [1.29, 1.82) is 0 Å². The van der Waals surface area contributed by atoms with Crippen LogP contribution >= 0.6 is 0 Å². The molecule has 1 aliphatic rings. The highest BCUT2D eigenvalue weighted by Gasteiger charge is 2.25. The van der Waals surface area contributed by atoms with Crippen molar-refractivity contribution in [3.8, 4) is 5.69 Å². The van der Waals surface area contributed by atoms with Crippen molar-refractivity contribution >= 4 is 23.0 Å². The van der Waals surface area contributed by atoms with Crippen LogP contribution in [0.15, 0.2) is 55.4 Å². The van der Waals surface area contributed by atoms with E-state index in [2.05, 4.69) is 52.7 Å². The Morgan fingerprint density at radius 1 is 1.03 bits per heavy atom. The number of nitrogens with one attached hydrogen (secondary N) is 1. The number of piperidine rings is 1. The zero-order valence-electron chi connectivity index (χ0n) is 19.7. The molecule has 1 aromatic carbocycles. The topological polar surface area (TPSA) is 115 Å². The van der Waals surface area contributed by atoms with Gasteiger partial charge in [-0.05, 0) is 53.5 Å². The number of fused-ring (bicyclic) bond motifs is 1. The van der Waals surface area contributed by atoms with E-state index in [1.54, 1.807) is 24.4 Å². The smallest absolute Gasteiger partial charge is 0.225 e. The second kappa shape index (κ2) is 9.29. The Labute approximate surface area is 206 Å². The lowest BCUT2D eigenvalue weighted by molar-refractivity contribution is 0.484. The molecule has 1 N–H and O–H groups in total. The number of benzene rings is 1. The highest BCUT2D eigenvalue weighted by molar-refractivity contribution is 5.74. The van der Waals surface area contributed by atoms with Crippen LogP contribution in [0, 0.1) is 5.82 Å². The third kappa shape index (κ3) is 4.10. The van der Waals surface area contributed by atoms with Crippen LogP contribution in [0.4, 0.5) is 21.7 Å². The van der Waals surface area contributed by atoms with E-state index >= 15 is 0 Å². The Hall–Kier alpha value is -4.48. The van der Waals surface area contributed by atoms with Gasteiger partial charge in [-0.25, -0.2) is 28.5 Å². The fraction of sp³-hybridized carbons (Fsp3) is 0.292. The Balaban J connectivity index is 1.19. The van der Waals surface area contributed by atoms with Gasteiger partial charge < -0.3 is 10.2 Å². The second-order valence-electron chi connectivity index (χ2n) is 8.71. The predicted octanol–water partition coefficient (Wildman–Crippen LogP) is 3.32.